The van der Waals surface area contributed by atoms with Gasteiger partial charge in [-0.05, 0) is 38.5 Å². The zero-order chi connectivity index (χ0) is 14.8. The lowest BCUT2D eigenvalue weighted by Gasteiger charge is -2.19. The molecule has 1 aromatic carbocycles. The van der Waals surface area contributed by atoms with Crippen LogP contribution in [0.25, 0.3) is 16.3 Å². The number of aromatic nitrogens is 1. The van der Waals surface area contributed by atoms with E-state index in [1.807, 2.05) is 39.0 Å². The molecule has 5 heteroatoms. The molecule has 0 radical (unpaired) electrons. The molecule has 1 N–H and O–H groups in total. The summed E-state index contributed by atoms with van der Waals surface area (Å²) in [6, 6.07) is 5.97. The zero-order valence-electron chi connectivity index (χ0n) is 11.9. The van der Waals surface area contributed by atoms with Crippen molar-refractivity contribution in [1.82, 2.24) is 10.3 Å². The molecule has 0 saturated heterocycles. The van der Waals surface area contributed by atoms with Crippen molar-refractivity contribution in [1.29, 1.82) is 0 Å². The Balaban J connectivity index is 2.03. The highest BCUT2D eigenvalue weighted by atomic mass is 32.1. The summed E-state index contributed by atoms with van der Waals surface area (Å²) in [4.78, 5) is 16.0. The van der Waals surface area contributed by atoms with Crippen LogP contribution in [0.3, 0.4) is 0 Å². The van der Waals surface area contributed by atoms with Crippen molar-refractivity contribution < 1.29 is 9.53 Å². The Kier molecular flexibility index (Phi) is 4.09. The molecular formula is C15H18N2O2S. The lowest BCUT2D eigenvalue weighted by molar-refractivity contribution is 0.0523. The third kappa shape index (κ3) is 3.81. The second-order valence-corrected chi connectivity index (χ2v) is 6.51. The average molecular weight is 290 g/mol. The number of thiazole rings is 1. The molecule has 2 rings (SSSR count). The second kappa shape index (κ2) is 5.63. The van der Waals surface area contributed by atoms with Gasteiger partial charge < -0.3 is 10.1 Å². The number of rotatable bonds is 3. The molecule has 20 heavy (non-hydrogen) atoms. The van der Waals surface area contributed by atoms with Gasteiger partial charge in [-0.15, -0.1) is 11.3 Å². The van der Waals surface area contributed by atoms with Crippen molar-refractivity contribution in [3.63, 3.8) is 0 Å². The van der Waals surface area contributed by atoms with E-state index in [1.165, 1.54) is 0 Å². The van der Waals surface area contributed by atoms with Gasteiger partial charge in [0.2, 0.25) is 0 Å². The molecule has 0 saturated carbocycles. The van der Waals surface area contributed by atoms with Crippen molar-refractivity contribution in [3.05, 3.63) is 35.3 Å². The average Bonchev–Trinajstić information content (AvgIpc) is 2.75. The van der Waals surface area contributed by atoms with Crippen molar-refractivity contribution in [2.24, 2.45) is 0 Å². The topological polar surface area (TPSA) is 51.2 Å². The lowest BCUT2D eigenvalue weighted by Crippen LogP contribution is -2.32. The van der Waals surface area contributed by atoms with Crippen LogP contribution in [-0.4, -0.2) is 16.7 Å². The lowest BCUT2D eigenvalue weighted by atomic mass is 10.2. The smallest absolute Gasteiger partial charge is 0.408 e. The molecule has 0 spiro atoms. The number of fused-ring (bicyclic) bond motifs is 1. The number of nitrogens with zero attached hydrogens (tertiary/aromatic N) is 1. The SMILES string of the molecule is C=Cc1ccc2nc(CNC(=O)OC(C)(C)C)sc2c1. The molecule has 1 amide bonds. The van der Waals surface area contributed by atoms with Gasteiger partial charge in [0.05, 0.1) is 16.8 Å². The molecule has 0 bridgehead atoms. The minimum Gasteiger partial charge on any atom is -0.444 e. The number of carbonyl (C=O) groups is 1. The Bertz CT molecular complexity index is 641. The molecular weight excluding hydrogens is 272 g/mol. The predicted molar refractivity (Wildman–Crippen MR) is 82.8 cm³/mol. The number of amides is 1. The van der Waals surface area contributed by atoms with Gasteiger partial charge in [-0.2, -0.15) is 0 Å². The predicted octanol–water partition coefficient (Wildman–Crippen LogP) is 3.96. The standard InChI is InChI=1S/C15H18N2O2S/c1-5-10-6-7-11-12(8-10)20-13(17-11)9-16-14(18)19-15(2,3)4/h5-8H,1,9H2,2-4H3,(H,16,18). The minimum absolute atomic E-state index is 0.373. The van der Waals surface area contributed by atoms with E-state index in [1.54, 1.807) is 17.4 Å². The number of ether oxygens (including phenoxy) is 1. The number of carbonyl (C=O) groups excluding carboxylic acids is 1. The maximum Gasteiger partial charge on any atom is 0.408 e. The van der Waals surface area contributed by atoms with E-state index < -0.39 is 11.7 Å². The first kappa shape index (κ1) is 14.5. The molecule has 0 atom stereocenters. The van der Waals surface area contributed by atoms with E-state index in [0.29, 0.717) is 6.54 Å². The van der Waals surface area contributed by atoms with Crippen LogP contribution in [0.15, 0.2) is 24.8 Å². The van der Waals surface area contributed by atoms with Crippen molar-refractivity contribution >= 4 is 33.7 Å². The molecule has 0 aliphatic rings. The van der Waals surface area contributed by atoms with E-state index in [2.05, 4.69) is 16.9 Å². The van der Waals surface area contributed by atoms with Gasteiger partial charge in [0.1, 0.15) is 10.6 Å². The first-order chi connectivity index (χ1) is 9.37. The van der Waals surface area contributed by atoms with Crippen LogP contribution in [0.5, 0.6) is 0 Å². The van der Waals surface area contributed by atoms with E-state index in [-0.39, 0.29) is 0 Å². The van der Waals surface area contributed by atoms with Crippen LogP contribution in [0.1, 0.15) is 31.3 Å². The van der Waals surface area contributed by atoms with Crippen LogP contribution in [0.2, 0.25) is 0 Å². The largest absolute Gasteiger partial charge is 0.444 e. The van der Waals surface area contributed by atoms with E-state index in [4.69, 9.17) is 4.74 Å². The maximum absolute atomic E-state index is 11.6. The highest BCUT2D eigenvalue weighted by Gasteiger charge is 2.16. The van der Waals surface area contributed by atoms with Crippen LogP contribution in [0.4, 0.5) is 4.79 Å². The first-order valence-electron chi connectivity index (χ1n) is 6.36. The highest BCUT2D eigenvalue weighted by molar-refractivity contribution is 7.18. The van der Waals surface area contributed by atoms with E-state index >= 15 is 0 Å². The maximum atomic E-state index is 11.6. The Labute approximate surface area is 122 Å². The van der Waals surface area contributed by atoms with Gasteiger partial charge in [0.25, 0.3) is 0 Å². The number of hydrogen-bond donors (Lipinski definition) is 1. The first-order valence-corrected chi connectivity index (χ1v) is 7.18. The monoisotopic (exact) mass is 290 g/mol. The van der Waals surface area contributed by atoms with Crippen molar-refractivity contribution in [3.8, 4) is 0 Å². The van der Waals surface area contributed by atoms with Crippen LogP contribution in [0, 0.1) is 0 Å². The van der Waals surface area contributed by atoms with Gasteiger partial charge >= 0.3 is 6.09 Å². The van der Waals surface area contributed by atoms with Crippen molar-refractivity contribution in [2.75, 3.05) is 0 Å². The molecule has 1 heterocycles. The summed E-state index contributed by atoms with van der Waals surface area (Å²) in [6.45, 7) is 9.62. The minimum atomic E-state index is -0.490. The molecule has 0 unspecified atom stereocenters. The van der Waals surface area contributed by atoms with E-state index in [0.717, 1.165) is 20.8 Å². The Morgan fingerprint density at radius 2 is 2.25 bits per heavy atom. The molecule has 4 nitrogen and oxygen atoms in total. The van der Waals surface area contributed by atoms with Crippen LogP contribution < -0.4 is 5.32 Å². The summed E-state index contributed by atoms with van der Waals surface area (Å²) >= 11 is 1.56. The highest BCUT2D eigenvalue weighted by Crippen LogP contribution is 2.23. The quantitative estimate of drug-likeness (QED) is 0.930. The Morgan fingerprint density at radius 1 is 1.50 bits per heavy atom. The fraction of sp³-hybridized carbons (Fsp3) is 0.333. The number of nitrogens with one attached hydrogen (secondary N) is 1. The summed E-state index contributed by atoms with van der Waals surface area (Å²) in [5.41, 5.74) is 1.51. The summed E-state index contributed by atoms with van der Waals surface area (Å²) in [5, 5.41) is 3.57. The zero-order valence-corrected chi connectivity index (χ0v) is 12.7. The summed E-state index contributed by atoms with van der Waals surface area (Å²) in [6.07, 6.45) is 1.38. The fourth-order valence-corrected chi connectivity index (χ4v) is 2.61. The Hall–Kier alpha value is -1.88. The fourth-order valence-electron chi connectivity index (χ4n) is 1.65. The molecule has 0 aliphatic heterocycles. The van der Waals surface area contributed by atoms with Gasteiger partial charge in [-0.3, -0.25) is 0 Å². The summed E-state index contributed by atoms with van der Waals surface area (Å²) < 4.78 is 6.27. The van der Waals surface area contributed by atoms with Gasteiger partial charge in [-0.25, -0.2) is 9.78 Å². The Morgan fingerprint density at radius 3 is 2.90 bits per heavy atom. The molecule has 2 aromatic rings. The third-order valence-electron chi connectivity index (χ3n) is 2.48. The molecule has 0 aliphatic carbocycles. The third-order valence-corrected chi connectivity index (χ3v) is 3.49. The van der Waals surface area contributed by atoms with E-state index in [9.17, 15) is 4.79 Å². The second-order valence-electron chi connectivity index (χ2n) is 5.39. The molecule has 106 valence electrons. The molecule has 1 aromatic heterocycles. The summed E-state index contributed by atoms with van der Waals surface area (Å²) in [7, 11) is 0. The molecule has 0 fully saturated rings. The number of benzene rings is 1. The van der Waals surface area contributed by atoms with Gasteiger partial charge in [-0.1, -0.05) is 18.7 Å². The normalized spacial score (nSPS) is 11.3. The summed E-state index contributed by atoms with van der Waals surface area (Å²) in [5.74, 6) is 0. The number of alkyl carbamates (subject to hydrolysis) is 1. The van der Waals surface area contributed by atoms with Gasteiger partial charge in [0, 0.05) is 0 Å². The van der Waals surface area contributed by atoms with Crippen molar-refractivity contribution in [2.45, 2.75) is 32.9 Å². The van der Waals surface area contributed by atoms with Gasteiger partial charge in [0.15, 0.2) is 0 Å². The number of hydrogen-bond acceptors (Lipinski definition) is 4. The van der Waals surface area contributed by atoms with Crippen LogP contribution in [-0.2, 0) is 11.3 Å². The van der Waals surface area contributed by atoms with Crippen LogP contribution >= 0.6 is 11.3 Å².